The van der Waals surface area contributed by atoms with Crippen LogP contribution in [-0.4, -0.2) is 65.7 Å². The van der Waals surface area contributed by atoms with Gasteiger partial charge in [0.2, 0.25) is 11.7 Å². The van der Waals surface area contributed by atoms with Crippen molar-refractivity contribution in [3.63, 3.8) is 0 Å². The van der Waals surface area contributed by atoms with Crippen LogP contribution in [0.25, 0.3) is 17.2 Å². The van der Waals surface area contributed by atoms with Gasteiger partial charge in [-0.2, -0.15) is 4.98 Å². The number of imidazole rings is 1. The lowest BCUT2D eigenvalue weighted by molar-refractivity contribution is -0.134. The summed E-state index contributed by atoms with van der Waals surface area (Å²) >= 11 is 6.15. The number of hydrogen-bond acceptors (Lipinski definition) is 8. The van der Waals surface area contributed by atoms with Crippen LogP contribution < -0.4 is 5.32 Å². The normalized spacial score (nSPS) is 15.8. The number of amides is 1. The quantitative estimate of drug-likeness (QED) is 0.315. The number of fused-ring (bicyclic) bond motifs is 5. The van der Waals surface area contributed by atoms with Crippen LogP contribution in [0.3, 0.4) is 0 Å². The van der Waals surface area contributed by atoms with E-state index < -0.39 is 11.9 Å². The summed E-state index contributed by atoms with van der Waals surface area (Å²) in [6.07, 6.45) is 4.74. The van der Waals surface area contributed by atoms with Crippen molar-refractivity contribution < 1.29 is 29.1 Å². The number of aliphatic carboxylic acids is 2. The van der Waals surface area contributed by atoms with Gasteiger partial charge in [0, 0.05) is 23.7 Å². The van der Waals surface area contributed by atoms with Crippen LogP contribution in [0.4, 0.5) is 0 Å². The molecule has 0 radical (unpaired) electrons. The van der Waals surface area contributed by atoms with Gasteiger partial charge in [-0.1, -0.05) is 23.7 Å². The second-order valence-corrected chi connectivity index (χ2v) is 8.45. The largest absolute Gasteiger partial charge is 0.478 e. The lowest BCUT2D eigenvalue weighted by Gasteiger charge is -2.39. The number of halogens is 1. The predicted molar refractivity (Wildman–Crippen MR) is 127 cm³/mol. The first-order valence-corrected chi connectivity index (χ1v) is 11.5. The first-order valence-electron chi connectivity index (χ1n) is 11.2. The minimum atomic E-state index is -1.26. The van der Waals surface area contributed by atoms with E-state index in [0.29, 0.717) is 53.2 Å². The molecule has 1 saturated heterocycles. The fourth-order valence-corrected chi connectivity index (χ4v) is 4.11. The van der Waals surface area contributed by atoms with E-state index in [1.807, 2.05) is 15.5 Å². The second-order valence-electron chi connectivity index (χ2n) is 8.01. The van der Waals surface area contributed by atoms with Crippen molar-refractivity contribution in [2.75, 3.05) is 13.1 Å². The smallest absolute Gasteiger partial charge is 0.328 e. The van der Waals surface area contributed by atoms with Crippen LogP contribution in [-0.2, 0) is 16.1 Å². The van der Waals surface area contributed by atoms with Gasteiger partial charge in [-0.05, 0) is 37.6 Å². The summed E-state index contributed by atoms with van der Waals surface area (Å²) in [4.78, 5) is 43.0. The lowest BCUT2D eigenvalue weighted by atomic mass is 9.97. The topological polar surface area (TPSA) is 164 Å². The molecule has 4 heterocycles. The minimum absolute atomic E-state index is 0.0130. The Labute approximate surface area is 210 Å². The molecular formula is C23H23ClN6O6. The van der Waals surface area contributed by atoms with Gasteiger partial charge in [0.1, 0.15) is 12.0 Å². The van der Waals surface area contributed by atoms with Gasteiger partial charge < -0.3 is 25.0 Å². The summed E-state index contributed by atoms with van der Waals surface area (Å²) in [5, 5.41) is 23.5. The predicted octanol–water partition coefficient (Wildman–Crippen LogP) is 2.69. The van der Waals surface area contributed by atoms with E-state index in [0.717, 1.165) is 30.8 Å². The Morgan fingerprint density at radius 3 is 2.67 bits per heavy atom. The van der Waals surface area contributed by atoms with Gasteiger partial charge >= 0.3 is 11.9 Å². The molecule has 0 aliphatic carbocycles. The Bertz CT molecular complexity index is 1320. The van der Waals surface area contributed by atoms with Crippen molar-refractivity contribution in [3.05, 3.63) is 58.8 Å². The fraction of sp³-hybridized carbons (Fsp3) is 0.304. The van der Waals surface area contributed by atoms with Crippen molar-refractivity contribution in [3.8, 4) is 17.2 Å². The molecule has 1 amide bonds. The summed E-state index contributed by atoms with van der Waals surface area (Å²) < 4.78 is 7.33. The SMILES string of the molecule is CCCNCc1nc(-c2ncn3c2[C@@H]2CCN2C(=O)c2cc(Cl)ccc2-3)no1.O=C(O)C=CC(=O)O. The molecule has 0 saturated carbocycles. The molecule has 5 rings (SSSR count). The van der Waals surface area contributed by atoms with Gasteiger partial charge in [-0.15, -0.1) is 0 Å². The Balaban J connectivity index is 0.000000331. The molecule has 0 spiro atoms. The third-order valence-electron chi connectivity index (χ3n) is 5.60. The maximum absolute atomic E-state index is 13.0. The highest BCUT2D eigenvalue weighted by atomic mass is 35.5. The molecule has 0 unspecified atom stereocenters. The van der Waals surface area contributed by atoms with Crippen LogP contribution >= 0.6 is 11.6 Å². The van der Waals surface area contributed by atoms with E-state index in [4.69, 9.17) is 26.3 Å². The molecule has 2 aliphatic heterocycles. The van der Waals surface area contributed by atoms with Gasteiger partial charge in [-0.3, -0.25) is 9.36 Å². The van der Waals surface area contributed by atoms with E-state index in [9.17, 15) is 14.4 Å². The van der Waals surface area contributed by atoms with E-state index in [-0.39, 0.29) is 11.9 Å². The number of nitrogens with zero attached hydrogens (tertiary/aromatic N) is 5. The van der Waals surface area contributed by atoms with Gasteiger partial charge in [0.25, 0.3) is 5.91 Å². The molecule has 13 heteroatoms. The molecule has 2 aromatic heterocycles. The summed E-state index contributed by atoms with van der Waals surface area (Å²) in [5.74, 6) is -1.56. The van der Waals surface area contributed by atoms with Crippen LogP contribution in [0, 0.1) is 0 Å². The number of nitrogens with one attached hydrogen (secondary N) is 1. The van der Waals surface area contributed by atoms with Crippen LogP contribution in [0.1, 0.15) is 47.7 Å². The molecule has 1 aromatic carbocycles. The third-order valence-corrected chi connectivity index (χ3v) is 5.84. The first kappa shape index (κ1) is 25.1. The highest BCUT2D eigenvalue weighted by molar-refractivity contribution is 6.31. The highest BCUT2D eigenvalue weighted by Gasteiger charge is 2.42. The molecule has 1 fully saturated rings. The number of hydrogen-bond donors (Lipinski definition) is 3. The molecule has 12 nitrogen and oxygen atoms in total. The fourth-order valence-electron chi connectivity index (χ4n) is 3.94. The van der Waals surface area contributed by atoms with Gasteiger partial charge in [-0.25, -0.2) is 14.6 Å². The number of benzene rings is 1. The van der Waals surface area contributed by atoms with Crippen LogP contribution in [0.2, 0.25) is 5.02 Å². The molecule has 3 aromatic rings. The zero-order valence-electron chi connectivity index (χ0n) is 19.2. The number of carboxylic acid groups (broad SMARTS) is 2. The van der Waals surface area contributed by atoms with Gasteiger partial charge in [0.05, 0.1) is 29.5 Å². The Hall–Kier alpha value is -4.03. The minimum Gasteiger partial charge on any atom is -0.478 e. The Morgan fingerprint density at radius 2 is 2.03 bits per heavy atom. The average molecular weight is 515 g/mol. The van der Waals surface area contributed by atoms with Crippen LogP contribution in [0.15, 0.2) is 41.2 Å². The molecule has 36 heavy (non-hydrogen) atoms. The van der Waals surface area contributed by atoms with E-state index in [2.05, 4.69) is 27.4 Å². The molecule has 2 aliphatic rings. The number of carbonyl (C=O) groups is 3. The summed E-state index contributed by atoms with van der Waals surface area (Å²) in [7, 11) is 0. The molecule has 0 bridgehead atoms. The third kappa shape index (κ3) is 5.14. The first-order chi connectivity index (χ1) is 17.3. The van der Waals surface area contributed by atoms with Crippen molar-refractivity contribution in [2.45, 2.75) is 32.4 Å². The lowest BCUT2D eigenvalue weighted by Crippen LogP contribution is -2.44. The average Bonchev–Trinajstić information content (AvgIpc) is 3.43. The van der Waals surface area contributed by atoms with E-state index in [1.165, 1.54) is 0 Å². The van der Waals surface area contributed by atoms with E-state index in [1.54, 1.807) is 18.5 Å². The second kappa shape index (κ2) is 10.7. The van der Waals surface area contributed by atoms with Crippen molar-refractivity contribution in [1.29, 1.82) is 0 Å². The molecular weight excluding hydrogens is 492 g/mol. The maximum atomic E-state index is 13.0. The number of rotatable bonds is 7. The van der Waals surface area contributed by atoms with E-state index >= 15 is 0 Å². The van der Waals surface area contributed by atoms with Crippen LogP contribution in [0.5, 0.6) is 0 Å². The van der Waals surface area contributed by atoms with Gasteiger partial charge in [0.15, 0.2) is 0 Å². The van der Waals surface area contributed by atoms with Crippen molar-refractivity contribution >= 4 is 29.4 Å². The number of carboxylic acids is 2. The Morgan fingerprint density at radius 1 is 1.28 bits per heavy atom. The standard InChI is InChI=1S/C19H19ClN6O2.C4H4O4/c1-2-6-21-9-15-23-18(24-28-15)16-17-14-5-7-25(14)19(27)12-8-11(20)3-4-13(12)26(17)10-22-16;5-3(6)1-2-4(7)8/h3-4,8,10,14,21H,2,5-7,9H2,1H3;1-2H,(H,5,6)(H,7,8)/t14-;/m0./s1. The molecule has 188 valence electrons. The Kier molecular flexibility index (Phi) is 7.46. The summed E-state index contributed by atoms with van der Waals surface area (Å²) in [6, 6.07) is 5.30. The van der Waals surface area contributed by atoms with Crippen molar-refractivity contribution in [2.24, 2.45) is 0 Å². The maximum Gasteiger partial charge on any atom is 0.328 e. The molecule has 3 N–H and O–H groups in total. The zero-order valence-corrected chi connectivity index (χ0v) is 20.0. The highest BCUT2D eigenvalue weighted by Crippen LogP contribution is 2.43. The van der Waals surface area contributed by atoms with Crippen molar-refractivity contribution in [1.82, 2.24) is 29.9 Å². The number of aromatic nitrogens is 4. The number of carbonyl (C=O) groups excluding carboxylic acids is 1. The summed E-state index contributed by atoms with van der Waals surface area (Å²) in [5.41, 5.74) is 2.91. The molecule has 1 atom stereocenters. The summed E-state index contributed by atoms with van der Waals surface area (Å²) in [6.45, 7) is 4.21. The monoisotopic (exact) mass is 514 g/mol. The zero-order chi connectivity index (χ0) is 25.8.